The molecule has 3 heteroatoms. The average molecular weight is 346 g/mol. The van der Waals surface area contributed by atoms with Crippen molar-refractivity contribution in [3.63, 3.8) is 0 Å². The van der Waals surface area contributed by atoms with Crippen LogP contribution in [0.2, 0.25) is 0 Å². The molecule has 0 fully saturated rings. The summed E-state index contributed by atoms with van der Waals surface area (Å²) in [4.78, 5) is 0. The van der Waals surface area contributed by atoms with Gasteiger partial charge in [-0.1, -0.05) is 67.6 Å². The Hall–Kier alpha value is -2.57. The van der Waals surface area contributed by atoms with Gasteiger partial charge in [0.1, 0.15) is 11.5 Å². The first-order valence-electron chi connectivity index (χ1n) is 8.39. The maximum Gasteiger partial charge on any atom is 0.131 e. The molecule has 2 nitrogen and oxygen atoms in total. The van der Waals surface area contributed by atoms with Crippen LogP contribution >= 0.6 is 7.92 Å². The topological polar surface area (TPSA) is 40.5 Å². The number of rotatable bonds is 3. The molecule has 0 saturated heterocycles. The van der Waals surface area contributed by atoms with E-state index in [1.54, 1.807) is 0 Å². The zero-order valence-corrected chi connectivity index (χ0v) is 14.9. The molecule has 2 N–H and O–H groups in total. The second-order valence-electron chi connectivity index (χ2n) is 6.05. The summed E-state index contributed by atoms with van der Waals surface area (Å²) >= 11 is 0. The van der Waals surface area contributed by atoms with Crippen LogP contribution < -0.4 is 10.6 Å². The Morgan fingerprint density at radius 2 is 1.08 bits per heavy atom. The Labute approximate surface area is 148 Å². The number of fused-ring (bicyclic) bond motifs is 2. The lowest BCUT2D eigenvalue weighted by Gasteiger charge is -2.21. The molecule has 0 spiro atoms. The van der Waals surface area contributed by atoms with E-state index >= 15 is 0 Å². The van der Waals surface area contributed by atoms with Crippen LogP contribution in [0.15, 0.2) is 72.8 Å². The van der Waals surface area contributed by atoms with Gasteiger partial charge in [0.15, 0.2) is 0 Å². The predicted octanol–water partition coefficient (Wildman–Crippen LogP) is 4.86. The van der Waals surface area contributed by atoms with Gasteiger partial charge in [-0.15, -0.1) is 0 Å². The highest BCUT2D eigenvalue weighted by Gasteiger charge is 2.21. The molecule has 0 atom stereocenters. The van der Waals surface area contributed by atoms with E-state index < -0.39 is 7.92 Å². The Bertz CT molecular complexity index is 987. The lowest BCUT2D eigenvalue weighted by Crippen LogP contribution is -2.14. The first-order valence-corrected chi connectivity index (χ1v) is 9.92. The van der Waals surface area contributed by atoms with Crippen LogP contribution in [0.25, 0.3) is 21.5 Å². The van der Waals surface area contributed by atoms with E-state index in [-0.39, 0.29) is 0 Å². The second-order valence-corrected chi connectivity index (χ2v) is 8.51. The molecule has 0 unspecified atom stereocenters. The van der Waals surface area contributed by atoms with Gasteiger partial charge in [-0.25, -0.2) is 0 Å². The van der Waals surface area contributed by atoms with E-state index in [4.69, 9.17) is 0 Å². The fourth-order valence-electron chi connectivity index (χ4n) is 3.39. The van der Waals surface area contributed by atoms with E-state index in [2.05, 4.69) is 6.92 Å². The molecular formula is C22H19O2P. The number of hydrogen-bond acceptors (Lipinski definition) is 2. The summed E-state index contributed by atoms with van der Waals surface area (Å²) < 4.78 is 0. The van der Waals surface area contributed by atoms with Crippen molar-refractivity contribution in [2.45, 2.75) is 6.92 Å². The molecule has 0 aliphatic rings. The van der Waals surface area contributed by atoms with Gasteiger partial charge < -0.3 is 10.2 Å². The summed E-state index contributed by atoms with van der Waals surface area (Å²) in [7, 11) is -0.837. The summed E-state index contributed by atoms with van der Waals surface area (Å²) in [5.41, 5.74) is 0. The maximum absolute atomic E-state index is 10.9. The summed E-state index contributed by atoms with van der Waals surface area (Å²) in [6, 6.07) is 23.8. The molecule has 0 saturated carbocycles. The van der Waals surface area contributed by atoms with Crippen LogP contribution in [-0.2, 0) is 0 Å². The van der Waals surface area contributed by atoms with E-state index in [1.807, 2.05) is 72.8 Å². The summed E-state index contributed by atoms with van der Waals surface area (Å²) in [5, 5.41) is 27.3. The van der Waals surface area contributed by atoms with Gasteiger partial charge in [-0.3, -0.25) is 0 Å². The van der Waals surface area contributed by atoms with Crippen LogP contribution in [0.5, 0.6) is 11.5 Å². The van der Waals surface area contributed by atoms with Crippen molar-refractivity contribution >= 4 is 40.1 Å². The highest BCUT2D eigenvalue weighted by molar-refractivity contribution is 7.73. The van der Waals surface area contributed by atoms with Gasteiger partial charge in [0, 0.05) is 21.4 Å². The first kappa shape index (κ1) is 15.9. The zero-order valence-electron chi connectivity index (χ0n) is 14.0. The quantitative estimate of drug-likeness (QED) is 0.520. The Morgan fingerprint density at radius 1 is 0.640 bits per heavy atom. The highest BCUT2D eigenvalue weighted by Crippen LogP contribution is 2.42. The monoisotopic (exact) mass is 346 g/mol. The molecular weight excluding hydrogens is 327 g/mol. The van der Waals surface area contributed by atoms with Gasteiger partial charge in [0.2, 0.25) is 0 Å². The first-order chi connectivity index (χ1) is 12.2. The van der Waals surface area contributed by atoms with Crippen LogP contribution in [0.3, 0.4) is 0 Å². The second kappa shape index (κ2) is 6.38. The SMILES string of the molecule is CCP(c1ccc2ccccc2c1O)c1ccc2ccccc2c1O. The lowest BCUT2D eigenvalue weighted by atomic mass is 10.1. The fraction of sp³-hybridized carbons (Fsp3) is 0.0909. The molecule has 0 aromatic heterocycles. The highest BCUT2D eigenvalue weighted by atomic mass is 31.1. The molecule has 0 aliphatic heterocycles. The van der Waals surface area contributed by atoms with Gasteiger partial charge in [-0.05, 0) is 37.0 Å². The minimum atomic E-state index is -0.837. The minimum absolute atomic E-state index is 0.332. The third kappa shape index (κ3) is 2.63. The molecule has 0 aliphatic carbocycles. The Kier molecular flexibility index (Phi) is 4.07. The molecule has 4 aromatic carbocycles. The van der Waals surface area contributed by atoms with Crippen molar-refractivity contribution in [3.8, 4) is 11.5 Å². The smallest absolute Gasteiger partial charge is 0.131 e. The molecule has 124 valence electrons. The van der Waals surface area contributed by atoms with Gasteiger partial charge in [0.25, 0.3) is 0 Å². The third-order valence-corrected chi connectivity index (χ3v) is 7.17. The number of hydrogen-bond donors (Lipinski definition) is 2. The van der Waals surface area contributed by atoms with Gasteiger partial charge in [-0.2, -0.15) is 0 Å². The summed E-state index contributed by atoms with van der Waals surface area (Å²) in [6.45, 7) is 2.11. The average Bonchev–Trinajstić information content (AvgIpc) is 2.66. The van der Waals surface area contributed by atoms with Gasteiger partial charge in [0.05, 0.1) is 0 Å². The lowest BCUT2D eigenvalue weighted by molar-refractivity contribution is 0.485. The van der Waals surface area contributed by atoms with E-state index in [0.717, 1.165) is 38.3 Å². The van der Waals surface area contributed by atoms with Crippen molar-refractivity contribution < 1.29 is 10.2 Å². The number of phenols is 2. The minimum Gasteiger partial charge on any atom is -0.507 e. The molecule has 0 bridgehead atoms. The third-order valence-electron chi connectivity index (χ3n) is 4.66. The van der Waals surface area contributed by atoms with Crippen molar-refractivity contribution in [3.05, 3.63) is 72.8 Å². The maximum atomic E-state index is 10.9. The number of phenolic OH excluding ortho intramolecular Hbond substituents is 2. The van der Waals surface area contributed by atoms with Crippen molar-refractivity contribution in [1.82, 2.24) is 0 Å². The van der Waals surface area contributed by atoms with Crippen molar-refractivity contribution in [1.29, 1.82) is 0 Å². The molecule has 4 rings (SSSR count). The normalized spacial score (nSPS) is 11.4. The predicted molar refractivity (Wildman–Crippen MR) is 108 cm³/mol. The Balaban J connectivity index is 1.92. The van der Waals surface area contributed by atoms with Gasteiger partial charge >= 0.3 is 0 Å². The van der Waals surface area contributed by atoms with Crippen LogP contribution in [0.1, 0.15) is 6.92 Å². The molecule has 4 aromatic rings. The summed E-state index contributed by atoms with van der Waals surface area (Å²) in [5.74, 6) is 0.664. The zero-order chi connectivity index (χ0) is 17.4. The van der Waals surface area contributed by atoms with E-state index in [9.17, 15) is 10.2 Å². The molecule has 25 heavy (non-hydrogen) atoms. The summed E-state index contributed by atoms with van der Waals surface area (Å²) in [6.07, 6.45) is 0.854. The standard InChI is InChI=1S/C22H19O2P/c1-2-25(19-13-11-15-7-3-5-9-17(15)21(19)23)20-14-12-16-8-4-6-10-18(16)22(20)24/h3-14,23-24H,2H2,1H3. The molecule has 0 radical (unpaired) electrons. The molecule has 0 amide bonds. The largest absolute Gasteiger partial charge is 0.507 e. The van der Waals surface area contributed by atoms with Crippen LogP contribution in [-0.4, -0.2) is 16.4 Å². The van der Waals surface area contributed by atoms with Crippen molar-refractivity contribution in [2.75, 3.05) is 6.16 Å². The number of aromatic hydroxyl groups is 2. The molecule has 0 heterocycles. The van der Waals surface area contributed by atoms with Crippen molar-refractivity contribution in [2.24, 2.45) is 0 Å². The Morgan fingerprint density at radius 3 is 1.52 bits per heavy atom. The van der Waals surface area contributed by atoms with E-state index in [1.165, 1.54) is 0 Å². The fourth-order valence-corrected chi connectivity index (χ4v) is 5.60. The van der Waals surface area contributed by atoms with E-state index in [0.29, 0.717) is 11.5 Å². The van der Waals surface area contributed by atoms with Crippen LogP contribution in [0.4, 0.5) is 0 Å². The van der Waals surface area contributed by atoms with Crippen LogP contribution in [0, 0.1) is 0 Å². The number of benzene rings is 4.